The third-order valence-corrected chi connectivity index (χ3v) is 4.97. The Kier molecular flexibility index (Phi) is 4.24. The number of methoxy groups -OCH3 is 1. The van der Waals surface area contributed by atoms with Gasteiger partial charge in [0, 0.05) is 34.9 Å². The van der Waals surface area contributed by atoms with Gasteiger partial charge in [0.1, 0.15) is 11.6 Å². The number of hydrogen-bond acceptors (Lipinski definition) is 4. The van der Waals surface area contributed by atoms with E-state index >= 15 is 0 Å². The Morgan fingerprint density at radius 2 is 2.20 bits per heavy atom. The molecule has 4 rings (SSSR count). The van der Waals surface area contributed by atoms with Gasteiger partial charge >= 0.3 is 0 Å². The number of hydrogen-bond donors (Lipinski definition) is 1. The summed E-state index contributed by atoms with van der Waals surface area (Å²) < 4.78 is 5.53. The predicted octanol–water partition coefficient (Wildman–Crippen LogP) is 4.01. The molecule has 5 heteroatoms. The highest BCUT2D eigenvalue weighted by molar-refractivity contribution is 6.31. The first kappa shape index (κ1) is 16.2. The monoisotopic (exact) mass is 353 g/mol. The molecule has 0 saturated heterocycles. The molecule has 0 radical (unpaired) electrons. The minimum atomic E-state index is 0.695. The third kappa shape index (κ3) is 3.15. The first-order valence-electron chi connectivity index (χ1n) is 8.34. The number of fused-ring (bicyclic) bond motifs is 2. The topological polar surface area (TPSA) is 36.9 Å². The van der Waals surface area contributed by atoms with Crippen LogP contribution in [0.4, 0.5) is 5.69 Å². The third-order valence-electron chi connectivity index (χ3n) is 4.74. The summed E-state index contributed by atoms with van der Waals surface area (Å²) in [6, 6.07) is 12.0. The van der Waals surface area contributed by atoms with Gasteiger partial charge in [0.25, 0.3) is 0 Å². The van der Waals surface area contributed by atoms with Crippen LogP contribution in [0.15, 0.2) is 48.0 Å². The Balaban J connectivity index is 1.55. The molecule has 0 aliphatic carbocycles. The molecule has 1 N–H and O–H groups in total. The Morgan fingerprint density at radius 3 is 3.04 bits per heavy atom. The first-order chi connectivity index (χ1) is 12.1. The van der Waals surface area contributed by atoms with Crippen LogP contribution in [0.5, 0.6) is 5.75 Å². The van der Waals surface area contributed by atoms with Crippen molar-refractivity contribution >= 4 is 28.8 Å². The van der Waals surface area contributed by atoms with Gasteiger partial charge in [-0.25, -0.2) is 4.99 Å². The lowest BCUT2D eigenvalue weighted by Crippen LogP contribution is -2.40. The van der Waals surface area contributed by atoms with E-state index in [9.17, 15) is 0 Å². The maximum atomic E-state index is 6.07. The zero-order chi connectivity index (χ0) is 17.4. The van der Waals surface area contributed by atoms with Crippen LogP contribution in [0.1, 0.15) is 16.7 Å². The van der Waals surface area contributed by atoms with E-state index in [1.807, 2.05) is 24.3 Å². The van der Waals surface area contributed by atoms with Crippen molar-refractivity contribution in [1.82, 2.24) is 10.2 Å². The van der Waals surface area contributed by atoms with E-state index < -0.39 is 0 Å². The van der Waals surface area contributed by atoms with Crippen molar-refractivity contribution < 1.29 is 4.74 Å². The number of benzene rings is 2. The molecule has 0 spiro atoms. The van der Waals surface area contributed by atoms with Crippen molar-refractivity contribution in [3.63, 3.8) is 0 Å². The number of halogens is 1. The lowest BCUT2D eigenvalue weighted by molar-refractivity contribution is 0.280. The summed E-state index contributed by atoms with van der Waals surface area (Å²) in [5.41, 5.74) is 5.37. The number of amidine groups is 1. The Hall–Kier alpha value is -2.30. The van der Waals surface area contributed by atoms with Gasteiger partial charge in [-0.1, -0.05) is 30.3 Å². The highest BCUT2D eigenvalue weighted by atomic mass is 35.5. The van der Waals surface area contributed by atoms with Gasteiger partial charge in [-0.15, -0.1) is 0 Å². The molecule has 2 aromatic rings. The van der Waals surface area contributed by atoms with Crippen molar-refractivity contribution in [3.8, 4) is 5.75 Å². The van der Waals surface area contributed by atoms with Gasteiger partial charge in [-0.3, -0.25) is 4.90 Å². The maximum absolute atomic E-state index is 6.07. The van der Waals surface area contributed by atoms with E-state index in [-0.39, 0.29) is 0 Å². The zero-order valence-corrected chi connectivity index (χ0v) is 14.9. The second-order valence-electron chi connectivity index (χ2n) is 6.38. The van der Waals surface area contributed by atoms with E-state index in [2.05, 4.69) is 28.9 Å². The van der Waals surface area contributed by atoms with Crippen LogP contribution < -0.4 is 10.1 Å². The van der Waals surface area contributed by atoms with Gasteiger partial charge in [0.2, 0.25) is 0 Å². The minimum Gasteiger partial charge on any atom is -0.496 e. The quantitative estimate of drug-likeness (QED) is 0.905. The fourth-order valence-corrected chi connectivity index (χ4v) is 3.65. The standard InChI is InChI=1S/C20H20ClN3O/c1-13-16-10-15(21)6-7-18(16)23-20(22-13)12-24-9-8-14-4-3-5-19(25-2)17(14)11-24/h3-7,10H,1,8-9,11-12H2,2H3,(H,22,23). The molecule has 4 nitrogen and oxygen atoms in total. The molecule has 0 aromatic heterocycles. The largest absolute Gasteiger partial charge is 0.496 e. The number of nitrogens with one attached hydrogen (secondary N) is 1. The lowest BCUT2D eigenvalue weighted by atomic mass is 9.98. The summed E-state index contributed by atoms with van der Waals surface area (Å²) in [6.45, 7) is 6.72. The highest BCUT2D eigenvalue weighted by Crippen LogP contribution is 2.31. The summed E-state index contributed by atoms with van der Waals surface area (Å²) in [5.74, 6) is 1.88. The molecule has 0 saturated carbocycles. The highest BCUT2D eigenvalue weighted by Gasteiger charge is 2.22. The fourth-order valence-electron chi connectivity index (χ4n) is 3.48. The Labute approximate surface area is 152 Å². The van der Waals surface area contributed by atoms with Crippen LogP contribution in [0.3, 0.4) is 0 Å². The smallest absolute Gasteiger partial charge is 0.123 e. The lowest BCUT2D eigenvalue weighted by Gasteiger charge is -2.31. The number of aliphatic imine (C=N–C) groups is 1. The van der Waals surface area contributed by atoms with Crippen molar-refractivity contribution in [2.45, 2.75) is 13.0 Å². The van der Waals surface area contributed by atoms with Crippen LogP contribution in [0, 0.1) is 0 Å². The van der Waals surface area contributed by atoms with E-state index in [0.717, 1.165) is 54.6 Å². The predicted molar refractivity (Wildman–Crippen MR) is 103 cm³/mol. The van der Waals surface area contributed by atoms with Crippen LogP contribution >= 0.6 is 11.6 Å². The van der Waals surface area contributed by atoms with Crippen LogP contribution in [0.25, 0.3) is 5.70 Å². The molecule has 0 unspecified atom stereocenters. The number of rotatable bonds is 3. The molecular weight excluding hydrogens is 334 g/mol. The first-order valence-corrected chi connectivity index (χ1v) is 8.72. The molecule has 2 heterocycles. The normalized spacial score (nSPS) is 16.6. The van der Waals surface area contributed by atoms with Gasteiger partial charge < -0.3 is 10.1 Å². The van der Waals surface area contributed by atoms with Crippen molar-refractivity contribution in [2.24, 2.45) is 4.99 Å². The van der Waals surface area contributed by atoms with Crippen molar-refractivity contribution in [2.75, 3.05) is 20.2 Å². The second kappa shape index (κ2) is 6.54. The molecule has 0 fully saturated rings. The summed E-state index contributed by atoms with van der Waals surface area (Å²) >= 11 is 6.07. The summed E-state index contributed by atoms with van der Waals surface area (Å²) in [4.78, 5) is 7.12. The van der Waals surface area contributed by atoms with E-state index in [1.54, 1.807) is 7.11 Å². The van der Waals surface area contributed by atoms with Crippen molar-refractivity contribution in [3.05, 3.63) is 64.7 Å². The fraction of sp³-hybridized carbons (Fsp3) is 0.250. The zero-order valence-electron chi connectivity index (χ0n) is 14.2. The molecule has 2 aliphatic heterocycles. The molecule has 0 amide bonds. The summed E-state index contributed by atoms with van der Waals surface area (Å²) in [6.07, 6.45) is 1.02. The molecular formula is C20H20ClN3O. The molecule has 128 valence electrons. The SMILES string of the molecule is C=C1NC(CN2CCc3cccc(OC)c3C2)=Nc2ccc(Cl)cc21. The number of ether oxygens (including phenoxy) is 1. The van der Waals surface area contributed by atoms with Crippen LogP contribution in [0.2, 0.25) is 5.02 Å². The van der Waals surface area contributed by atoms with Gasteiger partial charge in [-0.2, -0.15) is 0 Å². The number of nitrogens with zero attached hydrogens (tertiary/aromatic N) is 2. The van der Waals surface area contributed by atoms with Crippen molar-refractivity contribution in [1.29, 1.82) is 0 Å². The second-order valence-corrected chi connectivity index (χ2v) is 6.82. The Bertz CT molecular complexity index is 861. The molecule has 0 bridgehead atoms. The molecule has 25 heavy (non-hydrogen) atoms. The van der Waals surface area contributed by atoms with Gasteiger partial charge in [0.05, 0.1) is 19.3 Å². The minimum absolute atomic E-state index is 0.695. The van der Waals surface area contributed by atoms with E-state index in [0.29, 0.717) is 5.02 Å². The average Bonchev–Trinajstić information content (AvgIpc) is 2.62. The van der Waals surface area contributed by atoms with Crippen LogP contribution in [-0.2, 0) is 13.0 Å². The molecule has 2 aliphatic rings. The van der Waals surface area contributed by atoms with Crippen LogP contribution in [-0.4, -0.2) is 30.9 Å². The summed E-state index contributed by atoms with van der Waals surface area (Å²) in [7, 11) is 1.73. The Morgan fingerprint density at radius 1 is 1.32 bits per heavy atom. The van der Waals surface area contributed by atoms with Gasteiger partial charge in [0.15, 0.2) is 0 Å². The summed E-state index contributed by atoms with van der Waals surface area (Å²) in [5, 5.41) is 4.02. The maximum Gasteiger partial charge on any atom is 0.123 e. The molecule has 0 atom stereocenters. The van der Waals surface area contributed by atoms with Gasteiger partial charge in [-0.05, 0) is 36.2 Å². The molecule has 2 aromatic carbocycles. The average molecular weight is 354 g/mol. The van der Waals surface area contributed by atoms with E-state index in [1.165, 1.54) is 11.1 Å². The van der Waals surface area contributed by atoms with E-state index in [4.69, 9.17) is 21.3 Å².